The minimum atomic E-state index is -0.368. The Morgan fingerprint density at radius 2 is 1.46 bits per heavy atom. The Bertz CT molecular complexity index is 956. The Hall–Kier alpha value is -3.60. The summed E-state index contributed by atoms with van der Waals surface area (Å²) in [5, 5.41) is 2.89. The second-order valence-electron chi connectivity index (χ2n) is 6.67. The van der Waals surface area contributed by atoms with Gasteiger partial charge >= 0.3 is 0 Å². The van der Waals surface area contributed by atoms with E-state index in [0.717, 1.165) is 11.4 Å². The van der Waals surface area contributed by atoms with Crippen LogP contribution in [0, 0.1) is 5.92 Å². The molecule has 1 unspecified atom stereocenters. The fourth-order valence-corrected chi connectivity index (χ4v) is 3.22. The molecule has 0 aromatic heterocycles. The number of carbonyl (C=O) groups is 2. The summed E-state index contributed by atoms with van der Waals surface area (Å²) in [5.74, 6) is 0.898. The number of para-hydroxylation sites is 2. The summed E-state index contributed by atoms with van der Waals surface area (Å²) >= 11 is 0. The average molecular weight is 372 g/mol. The van der Waals surface area contributed by atoms with Crippen LogP contribution in [0.4, 0.5) is 11.4 Å². The van der Waals surface area contributed by atoms with Crippen LogP contribution in [-0.4, -0.2) is 18.4 Å². The molecule has 1 aliphatic rings. The molecule has 0 aliphatic carbocycles. The van der Waals surface area contributed by atoms with E-state index in [1.54, 1.807) is 29.2 Å². The Morgan fingerprint density at radius 3 is 2.14 bits per heavy atom. The van der Waals surface area contributed by atoms with Crippen LogP contribution in [0.1, 0.15) is 6.42 Å². The van der Waals surface area contributed by atoms with Crippen molar-refractivity contribution in [2.75, 3.05) is 16.8 Å². The number of carbonyl (C=O) groups excluding carboxylic acids is 2. The molecular weight excluding hydrogens is 352 g/mol. The second kappa shape index (κ2) is 7.96. The zero-order valence-electron chi connectivity index (χ0n) is 15.2. The maximum Gasteiger partial charge on any atom is 0.229 e. The Labute approximate surface area is 163 Å². The molecule has 1 heterocycles. The number of nitrogens with zero attached hydrogens (tertiary/aromatic N) is 1. The van der Waals surface area contributed by atoms with Crippen molar-refractivity contribution < 1.29 is 14.3 Å². The first-order chi connectivity index (χ1) is 13.7. The van der Waals surface area contributed by atoms with Gasteiger partial charge in [0.1, 0.15) is 11.5 Å². The molecule has 0 radical (unpaired) electrons. The largest absolute Gasteiger partial charge is 0.457 e. The first-order valence-electron chi connectivity index (χ1n) is 9.18. The highest BCUT2D eigenvalue weighted by atomic mass is 16.5. The highest BCUT2D eigenvalue weighted by Crippen LogP contribution is 2.27. The Morgan fingerprint density at radius 1 is 0.857 bits per heavy atom. The van der Waals surface area contributed by atoms with Gasteiger partial charge in [0.2, 0.25) is 11.8 Å². The quantitative estimate of drug-likeness (QED) is 0.719. The van der Waals surface area contributed by atoms with E-state index >= 15 is 0 Å². The third kappa shape index (κ3) is 4.04. The number of anilines is 2. The third-order valence-corrected chi connectivity index (χ3v) is 4.66. The van der Waals surface area contributed by atoms with Crippen molar-refractivity contribution in [1.29, 1.82) is 0 Å². The normalized spacial score (nSPS) is 16.1. The van der Waals surface area contributed by atoms with Crippen molar-refractivity contribution in [2.45, 2.75) is 6.42 Å². The molecule has 1 atom stereocenters. The fourth-order valence-electron chi connectivity index (χ4n) is 3.22. The number of ether oxygens (including phenoxy) is 1. The average Bonchev–Trinajstić information content (AvgIpc) is 3.13. The summed E-state index contributed by atoms with van der Waals surface area (Å²) in [6.45, 7) is 0.393. The molecule has 0 bridgehead atoms. The molecule has 1 aliphatic heterocycles. The van der Waals surface area contributed by atoms with Gasteiger partial charge in [-0.15, -0.1) is 0 Å². The summed E-state index contributed by atoms with van der Waals surface area (Å²) in [4.78, 5) is 26.5. The molecule has 5 nitrogen and oxygen atoms in total. The van der Waals surface area contributed by atoms with Crippen molar-refractivity contribution in [3.05, 3.63) is 84.9 Å². The fraction of sp³-hybridized carbons (Fsp3) is 0.130. The van der Waals surface area contributed by atoms with Crippen molar-refractivity contribution in [3.8, 4) is 11.5 Å². The van der Waals surface area contributed by atoms with Gasteiger partial charge in [0.25, 0.3) is 0 Å². The molecule has 0 spiro atoms. The molecule has 5 heteroatoms. The highest BCUT2D eigenvalue weighted by Gasteiger charge is 2.35. The topological polar surface area (TPSA) is 58.6 Å². The number of hydrogen-bond acceptors (Lipinski definition) is 3. The number of nitrogens with one attached hydrogen (secondary N) is 1. The molecule has 0 saturated carbocycles. The van der Waals surface area contributed by atoms with E-state index in [9.17, 15) is 9.59 Å². The van der Waals surface area contributed by atoms with Crippen LogP contribution in [0.25, 0.3) is 0 Å². The van der Waals surface area contributed by atoms with Gasteiger partial charge in [-0.3, -0.25) is 9.59 Å². The van der Waals surface area contributed by atoms with Crippen LogP contribution < -0.4 is 15.0 Å². The van der Waals surface area contributed by atoms with Crippen LogP contribution in [0.15, 0.2) is 84.9 Å². The molecular formula is C23H20N2O3. The lowest BCUT2D eigenvalue weighted by Crippen LogP contribution is -2.28. The minimum Gasteiger partial charge on any atom is -0.457 e. The number of hydrogen-bond donors (Lipinski definition) is 1. The lowest BCUT2D eigenvalue weighted by molar-refractivity contribution is -0.122. The first-order valence-corrected chi connectivity index (χ1v) is 9.18. The lowest BCUT2D eigenvalue weighted by atomic mass is 10.1. The minimum absolute atomic E-state index is 0.0297. The SMILES string of the molecule is O=C(Nc1ccc(Oc2ccccc2)cc1)C1CC(=O)N(c2ccccc2)C1. The molecule has 1 saturated heterocycles. The van der Waals surface area contributed by atoms with Gasteiger partial charge in [-0.1, -0.05) is 36.4 Å². The predicted octanol–water partition coefficient (Wildman–Crippen LogP) is 4.47. The number of rotatable bonds is 5. The van der Waals surface area contributed by atoms with Crippen LogP contribution in [0.3, 0.4) is 0 Å². The van der Waals surface area contributed by atoms with E-state index in [4.69, 9.17) is 4.74 Å². The van der Waals surface area contributed by atoms with Gasteiger partial charge in [0.15, 0.2) is 0 Å². The second-order valence-corrected chi connectivity index (χ2v) is 6.67. The van der Waals surface area contributed by atoms with Gasteiger partial charge in [0, 0.05) is 24.3 Å². The molecule has 2 amide bonds. The van der Waals surface area contributed by atoms with E-state index in [1.807, 2.05) is 60.7 Å². The van der Waals surface area contributed by atoms with E-state index in [1.165, 1.54) is 0 Å². The summed E-state index contributed by atoms with van der Waals surface area (Å²) < 4.78 is 5.75. The predicted molar refractivity (Wildman–Crippen MR) is 108 cm³/mol. The molecule has 140 valence electrons. The smallest absolute Gasteiger partial charge is 0.229 e. The van der Waals surface area contributed by atoms with Gasteiger partial charge < -0.3 is 15.0 Å². The molecule has 3 aromatic rings. The van der Waals surface area contributed by atoms with Gasteiger partial charge in [-0.2, -0.15) is 0 Å². The standard InChI is InChI=1S/C23H20N2O3/c26-22-15-17(16-25(22)19-7-3-1-4-8-19)23(27)24-18-11-13-21(14-12-18)28-20-9-5-2-6-10-20/h1-14,17H,15-16H2,(H,24,27). The summed E-state index contributed by atoms with van der Waals surface area (Å²) in [7, 11) is 0. The van der Waals surface area contributed by atoms with Gasteiger partial charge in [-0.25, -0.2) is 0 Å². The van der Waals surface area contributed by atoms with E-state index in [2.05, 4.69) is 5.32 Å². The van der Waals surface area contributed by atoms with Crippen molar-refractivity contribution >= 4 is 23.2 Å². The monoisotopic (exact) mass is 372 g/mol. The number of benzene rings is 3. The zero-order chi connectivity index (χ0) is 19.3. The van der Waals surface area contributed by atoms with E-state index in [0.29, 0.717) is 18.0 Å². The summed E-state index contributed by atoms with van der Waals surface area (Å²) in [6, 6.07) is 26.1. The van der Waals surface area contributed by atoms with Crippen LogP contribution in [0.2, 0.25) is 0 Å². The van der Waals surface area contributed by atoms with Gasteiger partial charge in [0.05, 0.1) is 5.92 Å². The van der Waals surface area contributed by atoms with E-state index < -0.39 is 0 Å². The Balaban J connectivity index is 1.37. The summed E-state index contributed by atoms with van der Waals surface area (Å²) in [6.07, 6.45) is 0.218. The summed E-state index contributed by atoms with van der Waals surface area (Å²) in [5.41, 5.74) is 1.50. The molecule has 28 heavy (non-hydrogen) atoms. The van der Waals surface area contributed by atoms with E-state index in [-0.39, 0.29) is 24.2 Å². The maximum atomic E-state index is 12.6. The molecule has 3 aromatic carbocycles. The van der Waals surface area contributed by atoms with Crippen LogP contribution >= 0.6 is 0 Å². The molecule has 1 fully saturated rings. The maximum absolute atomic E-state index is 12.6. The molecule has 1 N–H and O–H groups in total. The first kappa shape index (κ1) is 17.8. The van der Waals surface area contributed by atoms with Crippen molar-refractivity contribution in [3.63, 3.8) is 0 Å². The van der Waals surface area contributed by atoms with Crippen LogP contribution in [-0.2, 0) is 9.59 Å². The van der Waals surface area contributed by atoms with Crippen molar-refractivity contribution in [1.82, 2.24) is 0 Å². The molecule has 4 rings (SSSR count). The zero-order valence-corrected chi connectivity index (χ0v) is 15.2. The lowest BCUT2D eigenvalue weighted by Gasteiger charge is -2.16. The Kier molecular flexibility index (Phi) is 5.06. The number of amides is 2. The highest BCUT2D eigenvalue weighted by molar-refractivity contribution is 6.03. The van der Waals surface area contributed by atoms with Gasteiger partial charge in [-0.05, 0) is 48.5 Å². The third-order valence-electron chi connectivity index (χ3n) is 4.66. The van der Waals surface area contributed by atoms with Crippen molar-refractivity contribution in [2.24, 2.45) is 5.92 Å². The van der Waals surface area contributed by atoms with Crippen LogP contribution in [0.5, 0.6) is 11.5 Å².